The molecule has 2 N–H and O–H groups in total. The van der Waals surface area contributed by atoms with Crippen LogP contribution in [0.2, 0.25) is 0 Å². The van der Waals surface area contributed by atoms with Crippen molar-refractivity contribution in [2.24, 2.45) is 0 Å². The second-order valence-corrected chi connectivity index (χ2v) is 5.29. The van der Waals surface area contributed by atoms with Crippen molar-refractivity contribution in [2.45, 2.75) is 19.4 Å². The summed E-state index contributed by atoms with van der Waals surface area (Å²) in [6.45, 7) is 0.745. The average molecular weight is 306 g/mol. The largest absolute Gasteiger partial charge is 0.495 e. The number of unbranched alkanes of at least 4 members (excludes halogenated alkanes) is 1. The fourth-order valence-corrected chi connectivity index (χ4v) is 2.71. The van der Waals surface area contributed by atoms with E-state index in [0.717, 1.165) is 35.4 Å². The van der Waals surface area contributed by atoms with Crippen LogP contribution < -0.4 is 10.5 Å². The quantitative estimate of drug-likeness (QED) is 0.577. The minimum atomic E-state index is 0.525. The van der Waals surface area contributed by atoms with Crippen LogP contribution in [-0.4, -0.2) is 16.7 Å². The number of ether oxygens (including phenoxy) is 1. The average Bonchev–Trinajstić information content (AvgIpc) is 2.94. The van der Waals surface area contributed by atoms with E-state index < -0.39 is 0 Å². The lowest BCUT2D eigenvalue weighted by Gasteiger charge is -2.10. The smallest absolute Gasteiger partial charge is 0.141 e. The first-order valence-electron chi connectivity index (χ1n) is 7.50. The highest BCUT2D eigenvalue weighted by molar-refractivity contribution is 5.81. The monoisotopic (exact) mass is 306 g/mol. The highest BCUT2D eigenvalue weighted by atomic mass is 16.5. The van der Waals surface area contributed by atoms with Gasteiger partial charge in [-0.1, -0.05) is 12.1 Å². The SMILES string of the molecule is COc1ccc(-c2nc3ccccc3n2CCCC#N)cc1N. The van der Waals surface area contributed by atoms with E-state index in [1.54, 1.807) is 7.11 Å². The Balaban J connectivity index is 2.10. The number of fused-ring (bicyclic) bond motifs is 1. The molecule has 116 valence electrons. The minimum Gasteiger partial charge on any atom is -0.495 e. The van der Waals surface area contributed by atoms with Gasteiger partial charge in [-0.05, 0) is 36.8 Å². The summed E-state index contributed by atoms with van der Waals surface area (Å²) < 4.78 is 7.36. The predicted molar refractivity (Wildman–Crippen MR) is 91.0 cm³/mol. The Morgan fingerprint density at radius 2 is 2.09 bits per heavy atom. The van der Waals surface area contributed by atoms with Crippen LogP contribution in [-0.2, 0) is 6.54 Å². The molecule has 5 nitrogen and oxygen atoms in total. The zero-order chi connectivity index (χ0) is 16.2. The van der Waals surface area contributed by atoms with E-state index >= 15 is 0 Å². The Morgan fingerprint density at radius 3 is 2.83 bits per heavy atom. The van der Waals surface area contributed by atoms with Crippen LogP contribution in [0.25, 0.3) is 22.4 Å². The molecule has 0 atom stereocenters. The second kappa shape index (κ2) is 6.41. The van der Waals surface area contributed by atoms with E-state index in [1.807, 2.05) is 42.5 Å². The predicted octanol–water partition coefficient (Wildman–Crippen LogP) is 3.60. The fraction of sp³-hybridized carbons (Fsp3) is 0.222. The van der Waals surface area contributed by atoms with Crippen LogP contribution >= 0.6 is 0 Å². The lowest BCUT2D eigenvalue weighted by molar-refractivity contribution is 0.417. The molecular formula is C18H18N4O. The molecule has 3 aromatic rings. The summed E-state index contributed by atoms with van der Waals surface area (Å²) >= 11 is 0. The number of methoxy groups -OCH3 is 1. The molecule has 23 heavy (non-hydrogen) atoms. The number of nitrogens with zero attached hydrogens (tertiary/aromatic N) is 3. The Hall–Kier alpha value is -3.00. The standard InChI is InChI=1S/C18H18N4O/c1-23-17-9-8-13(12-14(17)20)18-21-15-6-2-3-7-16(15)22(18)11-5-4-10-19/h2-3,6-9,12H,4-5,11,20H2,1H3. The molecule has 0 saturated heterocycles. The zero-order valence-corrected chi connectivity index (χ0v) is 13.0. The molecule has 0 aliphatic rings. The summed E-state index contributed by atoms with van der Waals surface area (Å²) in [4.78, 5) is 4.74. The summed E-state index contributed by atoms with van der Waals surface area (Å²) in [6, 6.07) is 15.9. The van der Waals surface area contributed by atoms with Crippen LogP contribution in [0.15, 0.2) is 42.5 Å². The molecule has 0 unspecified atom stereocenters. The van der Waals surface area contributed by atoms with Crippen molar-refractivity contribution >= 4 is 16.7 Å². The van der Waals surface area contributed by atoms with Crippen molar-refractivity contribution in [3.8, 4) is 23.2 Å². The maximum atomic E-state index is 8.78. The number of hydrogen-bond donors (Lipinski definition) is 1. The summed E-state index contributed by atoms with van der Waals surface area (Å²) in [5.74, 6) is 1.51. The molecule has 0 amide bonds. The lowest BCUT2D eigenvalue weighted by atomic mass is 10.1. The lowest BCUT2D eigenvalue weighted by Crippen LogP contribution is -2.01. The van der Waals surface area contributed by atoms with Gasteiger partial charge in [0.2, 0.25) is 0 Å². The maximum Gasteiger partial charge on any atom is 0.141 e. The number of imidazole rings is 1. The molecule has 1 heterocycles. The van der Waals surface area contributed by atoms with Gasteiger partial charge in [0.15, 0.2) is 0 Å². The minimum absolute atomic E-state index is 0.525. The number of rotatable bonds is 5. The first-order chi connectivity index (χ1) is 11.2. The van der Waals surface area contributed by atoms with Gasteiger partial charge in [-0.3, -0.25) is 0 Å². The number of aryl methyl sites for hydroxylation is 1. The van der Waals surface area contributed by atoms with E-state index in [-0.39, 0.29) is 0 Å². The topological polar surface area (TPSA) is 76.9 Å². The Kier molecular flexibility index (Phi) is 4.15. The number of nitrogens with two attached hydrogens (primary N) is 1. The number of hydrogen-bond acceptors (Lipinski definition) is 4. The van der Waals surface area contributed by atoms with Gasteiger partial charge < -0.3 is 15.0 Å². The van der Waals surface area contributed by atoms with Crippen LogP contribution in [0.1, 0.15) is 12.8 Å². The highest BCUT2D eigenvalue weighted by Gasteiger charge is 2.13. The molecule has 0 saturated carbocycles. The van der Waals surface area contributed by atoms with Crippen LogP contribution in [0.5, 0.6) is 5.75 Å². The molecule has 5 heteroatoms. The van der Waals surface area contributed by atoms with Crippen molar-refractivity contribution in [1.82, 2.24) is 9.55 Å². The van der Waals surface area contributed by atoms with Gasteiger partial charge in [0.1, 0.15) is 11.6 Å². The molecule has 0 fully saturated rings. The number of anilines is 1. The van der Waals surface area contributed by atoms with Crippen molar-refractivity contribution in [3.05, 3.63) is 42.5 Å². The van der Waals surface area contributed by atoms with E-state index in [2.05, 4.69) is 10.6 Å². The van der Waals surface area contributed by atoms with E-state index in [9.17, 15) is 0 Å². The van der Waals surface area contributed by atoms with Crippen molar-refractivity contribution in [2.75, 3.05) is 12.8 Å². The molecule has 0 aliphatic heterocycles. The van der Waals surface area contributed by atoms with Gasteiger partial charge in [0.25, 0.3) is 0 Å². The summed E-state index contributed by atoms with van der Waals surface area (Å²) in [7, 11) is 1.60. The molecule has 0 bridgehead atoms. The Labute approximate surface area is 134 Å². The van der Waals surface area contributed by atoms with Crippen molar-refractivity contribution in [3.63, 3.8) is 0 Å². The molecule has 1 aromatic heterocycles. The van der Waals surface area contributed by atoms with Crippen LogP contribution in [0, 0.1) is 11.3 Å². The first-order valence-corrected chi connectivity index (χ1v) is 7.50. The third-order valence-corrected chi connectivity index (χ3v) is 3.81. The van der Waals surface area contributed by atoms with E-state index in [0.29, 0.717) is 17.9 Å². The van der Waals surface area contributed by atoms with Gasteiger partial charge in [-0.2, -0.15) is 5.26 Å². The molecule has 0 radical (unpaired) electrons. The number of aromatic nitrogens is 2. The Bertz CT molecular complexity index is 876. The van der Waals surface area contributed by atoms with Gasteiger partial charge in [0.05, 0.1) is 29.9 Å². The summed E-state index contributed by atoms with van der Waals surface area (Å²) in [5.41, 5.74) is 9.56. The van der Waals surface area contributed by atoms with Gasteiger partial charge in [-0.15, -0.1) is 0 Å². The molecule has 0 aliphatic carbocycles. The Morgan fingerprint density at radius 1 is 1.26 bits per heavy atom. The normalized spacial score (nSPS) is 10.6. The number of nitriles is 1. The van der Waals surface area contributed by atoms with Crippen molar-refractivity contribution < 1.29 is 4.74 Å². The first kappa shape index (κ1) is 14.9. The third kappa shape index (κ3) is 2.84. The maximum absolute atomic E-state index is 8.78. The number of nitrogen functional groups attached to an aromatic ring is 1. The summed E-state index contributed by atoms with van der Waals surface area (Å²) in [5, 5.41) is 8.78. The number of benzene rings is 2. The molecule has 3 rings (SSSR count). The third-order valence-electron chi connectivity index (χ3n) is 3.81. The zero-order valence-electron chi connectivity index (χ0n) is 13.0. The molecular weight excluding hydrogens is 288 g/mol. The second-order valence-electron chi connectivity index (χ2n) is 5.29. The van der Waals surface area contributed by atoms with Gasteiger partial charge in [-0.25, -0.2) is 4.98 Å². The van der Waals surface area contributed by atoms with E-state index in [1.165, 1.54) is 0 Å². The number of para-hydroxylation sites is 2. The molecule has 2 aromatic carbocycles. The highest BCUT2D eigenvalue weighted by Crippen LogP contribution is 2.30. The van der Waals surface area contributed by atoms with Crippen molar-refractivity contribution in [1.29, 1.82) is 5.26 Å². The van der Waals surface area contributed by atoms with Gasteiger partial charge in [0, 0.05) is 18.5 Å². The van der Waals surface area contributed by atoms with Gasteiger partial charge >= 0.3 is 0 Å². The van der Waals surface area contributed by atoms with Crippen LogP contribution in [0.3, 0.4) is 0 Å². The molecule has 0 spiro atoms. The van der Waals surface area contributed by atoms with E-state index in [4.69, 9.17) is 20.7 Å². The fourth-order valence-electron chi connectivity index (χ4n) is 2.71. The summed E-state index contributed by atoms with van der Waals surface area (Å²) in [6.07, 6.45) is 1.31. The van der Waals surface area contributed by atoms with Crippen LogP contribution in [0.4, 0.5) is 5.69 Å².